The van der Waals surface area contributed by atoms with Gasteiger partial charge >= 0.3 is 5.97 Å². The maximum absolute atomic E-state index is 12.9. The zero-order valence-electron chi connectivity index (χ0n) is 21.5. The van der Waals surface area contributed by atoms with E-state index in [0.717, 1.165) is 17.6 Å². The van der Waals surface area contributed by atoms with Crippen molar-refractivity contribution >= 4 is 5.97 Å². The third-order valence-electron chi connectivity index (χ3n) is 7.88. The molecule has 9 heteroatoms. The van der Waals surface area contributed by atoms with Gasteiger partial charge in [0.05, 0.1) is 39.5 Å². The number of ether oxygens (including phenoxy) is 3. The molecule has 0 aliphatic heterocycles. The third-order valence-corrected chi connectivity index (χ3v) is 7.88. The third kappa shape index (κ3) is 5.10. The van der Waals surface area contributed by atoms with Crippen LogP contribution in [0.1, 0.15) is 64.0 Å². The number of hydrogen-bond donors (Lipinski definition) is 1. The van der Waals surface area contributed by atoms with Crippen molar-refractivity contribution in [2.45, 2.75) is 58.3 Å². The molecule has 0 amide bonds. The van der Waals surface area contributed by atoms with E-state index in [2.05, 4.69) is 24.8 Å². The van der Waals surface area contributed by atoms with Gasteiger partial charge in [0.15, 0.2) is 0 Å². The number of unbranched alkanes of at least 4 members (excludes halogenated alkanes) is 1. The van der Waals surface area contributed by atoms with E-state index in [1.807, 2.05) is 12.1 Å². The van der Waals surface area contributed by atoms with E-state index < -0.39 is 16.5 Å². The molecule has 1 aromatic carbocycles. The van der Waals surface area contributed by atoms with E-state index in [9.17, 15) is 20.0 Å². The number of aliphatic hydroxyl groups excluding tert-OH is 1. The average molecular weight is 492 g/mol. The Balaban J connectivity index is 1.84. The highest BCUT2D eigenvalue weighted by atomic mass is 16.9. The maximum atomic E-state index is 12.9. The van der Waals surface area contributed by atoms with Gasteiger partial charge in [-0.2, -0.15) is 0 Å². The van der Waals surface area contributed by atoms with Crippen molar-refractivity contribution in [2.24, 2.45) is 17.3 Å². The molecule has 4 rings (SSSR count). The smallest absolute Gasteiger partial charge is 0.315 e. The van der Waals surface area contributed by atoms with Crippen LogP contribution in [0.3, 0.4) is 0 Å². The zero-order chi connectivity index (χ0) is 26.0. The molecule has 0 saturated heterocycles. The average Bonchev–Trinajstić information content (AvgIpc) is 2.83. The normalized spacial score (nSPS) is 22.5. The Hall–Kier alpha value is -2.81. The molecule has 3 aliphatic rings. The van der Waals surface area contributed by atoms with Crippen molar-refractivity contribution in [1.82, 2.24) is 0 Å². The van der Waals surface area contributed by atoms with E-state index in [1.54, 1.807) is 28.1 Å². The number of benzene rings is 1. The molecule has 1 aromatic rings. The second-order valence-corrected chi connectivity index (χ2v) is 10.5. The highest BCUT2D eigenvalue weighted by Gasteiger charge is 2.56. The minimum atomic E-state index is -0.976. The Morgan fingerprint density at radius 2 is 1.77 bits per heavy atom. The topological polar surface area (TPSA) is 117 Å². The molecule has 3 aliphatic carbocycles. The van der Waals surface area contributed by atoms with Crippen LogP contribution < -0.4 is 9.47 Å². The predicted molar refractivity (Wildman–Crippen MR) is 129 cm³/mol. The summed E-state index contributed by atoms with van der Waals surface area (Å²) in [6.45, 7) is 8.21. The standard InChI is InChI=1S/C26H37NO8/c1-25(2,24(29)34-9-7-8-10-35-27(30)31)17-12-21(32-5)23(22(13-17)33-6)18-11-16(15-28)19-14-20(18)26(19,3)4/h11-13,18-20,28H,7-10,14-15H2,1-6H3/t18-,19+,20+/m0/s1. The Morgan fingerprint density at radius 1 is 1.17 bits per heavy atom. The van der Waals surface area contributed by atoms with Crippen molar-refractivity contribution in [1.29, 1.82) is 0 Å². The molecule has 3 atom stereocenters. The van der Waals surface area contributed by atoms with Crippen molar-refractivity contribution in [3.8, 4) is 11.5 Å². The van der Waals surface area contributed by atoms with Crippen molar-refractivity contribution in [3.05, 3.63) is 45.0 Å². The molecule has 1 N–H and O–H groups in total. The molecular weight excluding hydrogens is 454 g/mol. The summed E-state index contributed by atoms with van der Waals surface area (Å²) in [4.78, 5) is 27.4. The van der Waals surface area contributed by atoms with E-state index in [-0.39, 0.29) is 31.2 Å². The molecule has 1 fully saturated rings. The molecule has 0 radical (unpaired) electrons. The van der Waals surface area contributed by atoms with Crippen molar-refractivity contribution < 1.29 is 34.0 Å². The van der Waals surface area contributed by atoms with Crippen molar-refractivity contribution in [2.75, 3.05) is 34.0 Å². The number of esters is 1. The molecule has 1 saturated carbocycles. The Bertz CT molecular complexity index is 959. The number of allylic oxidation sites excluding steroid dienone is 1. The fourth-order valence-corrected chi connectivity index (χ4v) is 5.54. The summed E-state index contributed by atoms with van der Waals surface area (Å²) in [7, 11) is 3.21. The second kappa shape index (κ2) is 10.4. The van der Waals surface area contributed by atoms with Gasteiger partial charge in [0, 0.05) is 11.5 Å². The molecule has 0 heterocycles. The van der Waals surface area contributed by atoms with Gasteiger partial charge in [-0.25, -0.2) is 0 Å². The van der Waals surface area contributed by atoms with Crippen LogP contribution in [0.5, 0.6) is 11.5 Å². The summed E-state index contributed by atoms with van der Waals surface area (Å²) in [6.07, 6.45) is 4.05. The molecular formula is C26H37NO8. The van der Waals surface area contributed by atoms with E-state index in [4.69, 9.17) is 14.2 Å². The summed E-state index contributed by atoms with van der Waals surface area (Å²) in [5, 5.41) is 19.3. The minimum absolute atomic E-state index is 0.0318. The monoisotopic (exact) mass is 491 g/mol. The first-order valence-electron chi connectivity index (χ1n) is 12.0. The summed E-state index contributed by atoms with van der Waals surface area (Å²) >= 11 is 0. The Morgan fingerprint density at radius 3 is 2.29 bits per heavy atom. The SMILES string of the molecule is COc1cc(C(C)(C)C(=O)OCCCCO[N+](=O)[O-])cc(OC)c1[C@H]1C=C(CO)[C@H]2C[C@H]1C2(C)C. The van der Waals surface area contributed by atoms with Crippen LogP contribution in [-0.2, 0) is 19.8 Å². The van der Waals surface area contributed by atoms with Crippen LogP contribution in [0, 0.1) is 27.4 Å². The highest BCUT2D eigenvalue weighted by Crippen LogP contribution is 2.65. The largest absolute Gasteiger partial charge is 0.496 e. The van der Waals surface area contributed by atoms with Gasteiger partial charge < -0.3 is 24.2 Å². The van der Waals surface area contributed by atoms with Crippen LogP contribution in [-0.4, -0.2) is 50.2 Å². The minimum Gasteiger partial charge on any atom is -0.496 e. The number of carbonyl (C=O) groups is 1. The fourth-order valence-electron chi connectivity index (χ4n) is 5.54. The lowest BCUT2D eigenvalue weighted by Crippen LogP contribution is -2.51. The molecule has 9 nitrogen and oxygen atoms in total. The Labute approximate surface area is 206 Å². The van der Waals surface area contributed by atoms with Gasteiger partial charge in [-0.15, -0.1) is 10.1 Å². The maximum Gasteiger partial charge on any atom is 0.315 e. The van der Waals surface area contributed by atoms with E-state index in [0.29, 0.717) is 41.7 Å². The van der Waals surface area contributed by atoms with Crippen LogP contribution in [0.4, 0.5) is 0 Å². The quantitative estimate of drug-likeness (QED) is 0.152. The summed E-state index contributed by atoms with van der Waals surface area (Å²) in [6, 6.07) is 3.74. The number of hydrogen-bond acceptors (Lipinski definition) is 8. The molecule has 35 heavy (non-hydrogen) atoms. The van der Waals surface area contributed by atoms with Gasteiger partial charge in [0.25, 0.3) is 5.09 Å². The zero-order valence-corrected chi connectivity index (χ0v) is 21.5. The van der Waals surface area contributed by atoms with Crippen LogP contribution in [0.15, 0.2) is 23.8 Å². The van der Waals surface area contributed by atoms with Gasteiger partial charge in [-0.05, 0) is 73.6 Å². The first-order valence-corrected chi connectivity index (χ1v) is 12.0. The lowest BCUT2D eigenvalue weighted by Gasteiger charge is -2.59. The van der Waals surface area contributed by atoms with Crippen LogP contribution in [0.2, 0.25) is 0 Å². The number of aliphatic hydroxyl groups is 1. The molecule has 0 aromatic heterocycles. The van der Waals surface area contributed by atoms with Gasteiger partial charge in [-0.3, -0.25) is 4.79 Å². The van der Waals surface area contributed by atoms with E-state index >= 15 is 0 Å². The number of fused-ring (bicyclic) bond motifs is 1. The molecule has 194 valence electrons. The number of carbonyl (C=O) groups excluding carboxylic acids is 1. The second-order valence-electron chi connectivity index (χ2n) is 10.5. The molecule has 2 bridgehead atoms. The lowest BCUT2D eigenvalue weighted by molar-refractivity contribution is -0.757. The summed E-state index contributed by atoms with van der Waals surface area (Å²) < 4.78 is 17.1. The highest BCUT2D eigenvalue weighted by molar-refractivity contribution is 5.83. The predicted octanol–water partition coefficient (Wildman–Crippen LogP) is 4.19. The summed E-state index contributed by atoms with van der Waals surface area (Å²) in [5.74, 6) is 1.69. The Kier molecular flexibility index (Phi) is 7.99. The van der Waals surface area contributed by atoms with Crippen molar-refractivity contribution in [3.63, 3.8) is 0 Å². The first-order chi connectivity index (χ1) is 16.5. The number of rotatable bonds is 12. The van der Waals surface area contributed by atoms with Gasteiger partial charge in [-0.1, -0.05) is 19.9 Å². The molecule has 0 spiro atoms. The van der Waals surface area contributed by atoms with Gasteiger partial charge in [0.2, 0.25) is 0 Å². The van der Waals surface area contributed by atoms with E-state index in [1.165, 1.54) is 0 Å². The van der Waals surface area contributed by atoms with Crippen LogP contribution in [0.25, 0.3) is 0 Å². The van der Waals surface area contributed by atoms with Crippen LogP contribution >= 0.6 is 0 Å². The fraction of sp³-hybridized carbons (Fsp3) is 0.654. The molecule has 0 unspecified atom stereocenters. The first kappa shape index (κ1) is 26.8. The number of methoxy groups -OCH3 is 2. The number of nitrogens with zero attached hydrogens (tertiary/aromatic N) is 1. The van der Waals surface area contributed by atoms with Gasteiger partial charge in [0.1, 0.15) is 11.5 Å². The summed E-state index contributed by atoms with van der Waals surface area (Å²) in [5.41, 5.74) is 1.78. The lowest BCUT2D eigenvalue weighted by atomic mass is 9.45.